The minimum absolute atomic E-state index is 0.135. The number of ether oxygens (including phenoxy) is 1. The van der Waals surface area contributed by atoms with E-state index in [1.54, 1.807) is 12.4 Å². The van der Waals surface area contributed by atoms with Gasteiger partial charge in [0.15, 0.2) is 0 Å². The van der Waals surface area contributed by atoms with E-state index in [1.807, 2.05) is 13.0 Å². The van der Waals surface area contributed by atoms with E-state index in [2.05, 4.69) is 4.98 Å². The Morgan fingerprint density at radius 3 is 2.84 bits per heavy atom. The molecule has 2 rings (SSSR count). The van der Waals surface area contributed by atoms with Crippen molar-refractivity contribution in [1.29, 1.82) is 0 Å². The van der Waals surface area contributed by atoms with Crippen LogP contribution in [0.1, 0.15) is 21.5 Å². The third-order valence-electron chi connectivity index (χ3n) is 2.50. The van der Waals surface area contributed by atoms with Gasteiger partial charge in [-0.05, 0) is 36.8 Å². The van der Waals surface area contributed by atoms with Crippen molar-refractivity contribution in [2.24, 2.45) is 0 Å². The van der Waals surface area contributed by atoms with Crippen LogP contribution >= 0.6 is 0 Å². The van der Waals surface area contributed by atoms with E-state index >= 15 is 0 Å². The molecule has 0 atom stereocenters. The van der Waals surface area contributed by atoms with Gasteiger partial charge in [0.1, 0.15) is 23.7 Å². The normalized spacial score (nSPS) is 10.2. The summed E-state index contributed by atoms with van der Waals surface area (Å²) in [4.78, 5) is 15.0. The van der Waals surface area contributed by atoms with E-state index in [4.69, 9.17) is 9.84 Å². The first kappa shape index (κ1) is 13.0. The molecule has 0 unspecified atom stereocenters. The zero-order chi connectivity index (χ0) is 13.8. The summed E-state index contributed by atoms with van der Waals surface area (Å²) in [5, 5.41) is 8.97. The predicted molar refractivity (Wildman–Crippen MR) is 66.7 cm³/mol. The van der Waals surface area contributed by atoms with Crippen molar-refractivity contribution < 1.29 is 19.0 Å². The molecule has 1 N–H and O–H groups in total. The van der Waals surface area contributed by atoms with Gasteiger partial charge in [0.05, 0.1) is 0 Å². The number of pyridine rings is 1. The number of carboxylic acids is 1. The SMILES string of the molecule is Cc1cncc(COc2ccc(F)cc2C(=O)O)c1. The minimum atomic E-state index is -1.23. The highest BCUT2D eigenvalue weighted by Gasteiger charge is 2.12. The Hall–Kier alpha value is -2.43. The van der Waals surface area contributed by atoms with Crippen molar-refractivity contribution in [1.82, 2.24) is 4.98 Å². The molecule has 1 heterocycles. The summed E-state index contributed by atoms with van der Waals surface area (Å²) >= 11 is 0. The van der Waals surface area contributed by atoms with Gasteiger partial charge in [-0.25, -0.2) is 9.18 Å². The monoisotopic (exact) mass is 261 g/mol. The van der Waals surface area contributed by atoms with E-state index in [1.165, 1.54) is 6.07 Å². The zero-order valence-electron chi connectivity index (χ0n) is 10.3. The number of hydrogen-bond acceptors (Lipinski definition) is 3. The molecule has 0 saturated carbocycles. The van der Waals surface area contributed by atoms with Crippen LogP contribution in [-0.4, -0.2) is 16.1 Å². The lowest BCUT2D eigenvalue weighted by Gasteiger charge is -2.09. The van der Waals surface area contributed by atoms with Crippen LogP contribution in [0.3, 0.4) is 0 Å². The molecule has 0 spiro atoms. The molecule has 98 valence electrons. The molecule has 0 aliphatic rings. The van der Waals surface area contributed by atoms with Gasteiger partial charge in [-0.3, -0.25) is 4.98 Å². The molecule has 4 nitrogen and oxygen atoms in total. The molecule has 19 heavy (non-hydrogen) atoms. The molecule has 0 bridgehead atoms. The number of rotatable bonds is 4. The van der Waals surface area contributed by atoms with Crippen LogP contribution in [0.5, 0.6) is 5.75 Å². The third-order valence-corrected chi connectivity index (χ3v) is 2.50. The van der Waals surface area contributed by atoms with E-state index in [9.17, 15) is 9.18 Å². The Labute approximate surface area is 109 Å². The third kappa shape index (κ3) is 3.28. The maximum atomic E-state index is 13.0. The smallest absolute Gasteiger partial charge is 0.339 e. The summed E-state index contributed by atoms with van der Waals surface area (Å²) in [7, 11) is 0. The first-order valence-electron chi connectivity index (χ1n) is 5.62. The van der Waals surface area contributed by atoms with Crippen LogP contribution in [0.15, 0.2) is 36.7 Å². The zero-order valence-corrected chi connectivity index (χ0v) is 10.3. The van der Waals surface area contributed by atoms with Gasteiger partial charge in [0, 0.05) is 18.0 Å². The van der Waals surface area contributed by atoms with Gasteiger partial charge in [-0.1, -0.05) is 0 Å². The molecule has 0 radical (unpaired) electrons. The van der Waals surface area contributed by atoms with E-state index in [-0.39, 0.29) is 17.9 Å². The first-order chi connectivity index (χ1) is 9.06. The van der Waals surface area contributed by atoms with Crippen LogP contribution in [0, 0.1) is 12.7 Å². The van der Waals surface area contributed by atoms with Gasteiger partial charge < -0.3 is 9.84 Å². The fourth-order valence-corrected chi connectivity index (χ4v) is 1.65. The van der Waals surface area contributed by atoms with Gasteiger partial charge in [-0.15, -0.1) is 0 Å². The van der Waals surface area contributed by atoms with E-state index in [0.29, 0.717) is 0 Å². The number of aryl methyl sites for hydroxylation is 1. The van der Waals surface area contributed by atoms with Crippen molar-refractivity contribution in [2.75, 3.05) is 0 Å². The summed E-state index contributed by atoms with van der Waals surface area (Å²) in [6, 6.07) is 5.29. The number of halogens is 1. The van der Waals surface area contributed by atoms with Gasteiger partial charge in [0.2, 0.25) is 0 Å². The minimum Gasteiger partial charge on any atom is -0.488 e. The Balaban J connectivity index is 2.17. The van der Waals surface area contributed by atoms with Crippen molar-refractivity contribution in [3.63, 3.8) is 0 Å². The maximum Gasteiger partial charge on any atom is 0.339 e. The van der Waals surface area contributed by atoms with Crippen LogP contribution in [0.4, 0.5) is 4.39 Å². The number of aromatic nitrogens is 1. The molecule has 0 aliphatic carbocycles. The van der Waals surface area contributed by atoms with Crippen LogP contribution < -0.4 is 4.74 Å². The number of benzene rings is 1. The number of nitrogens with zero attached hydrogens (tertiary/aromatic N) is 1. The highest BCUT2D eigenvalue weighted by atomic mass is 19.1. The van der Waals surface area contributed by atoms with Crippen molar-refractivity contribution in [3.8, 4) is 5.75 Å². The molecule has 5 heteroatoms. The Morgan fingerprint density at radius 1 is 1.37 bits per heavy atom. The fourth-order valence-electron chi connectivity index (χ4n) is 1.65. The summed E-state index contributed by atoms with van der Waals surface area (Å²) in [5.74, 6) is -1.70. The molecule has 1 aromatic heterocycles. The van der Waals surface area contributed by atoms with E-state index in [0.717, 1.165) is 23.3 Å². The molecular formula is C14H12FNO3. The highest BCUT2D eigenvalue weighted by Crippen LogP contribution is 2.21. The number of aromatic carboxylic acids is 1. The van der Waals surface area contributed by atoms with Crippen LogP contribution in [0.25, 0.3) is 0 Å². The van der Waals surface area contributed by atoms with Crippen LogP contribution in [-0.2, 0) is 6.61 Å². The summed E-state index contributed by atoms with van der Waals surface area (Å²) in [6.45, 7) is 2.08. The molecule has 0 saturated heterocycles. The number of carboxylic acid groups (broad SMARTS) is 1. The highest BCUT2D eigenvalue weighted by molar-refractivity contribution is 5.90. The summed E-state index contributed by atoms with van der Waals surface area (Å²) in [5.41, 5.74) is 1.61. The lowest BCUT2D eigenvalue weighted by molar-refractivity contribution is 0.0691. The Kier molecular flexibility index (Phi) is 3.75. The summed E-state index contributed by atoms with van der Waals surface area (Å²) in [6.07, 6.45) is 3.35. The standard InChI is InChI=1S/C14H12FNO3/c1-9-4-10(7-16-6-9)8-19-13-3-2-11(15)5-12(13)14(17)18/h2-7H,8H2,1H3,(H,17,18). The summed E-state index contributed by atoms with van der Waals surface area (Å²) < 4.78 is 18.4. The second-order valence-electron chi connectivity index (χ2n) is 4.10. The van der Waals surface area contributed by atoms with Gasteiger partial charge in [0.25, 0.3) is 0 Å². The quantitative estimate of drug-likeness (QED) is 0.919. The Bertz CT molecular complexity index is 613. The average Bonchev–Trinajstić information content (AvgIpc) is 2.37. The lowest BCUT2D eigenvalue weighted by Crippen LogP contribution is -2.04. The van der Waals surface area contributed by atoms with Gasteiger partial charge in [-0.2, -0.15) is 0 Å². The van der Waals surface area contributed by atoms with Crippen molar-refractivity contribution in [3.05, 3.63) is 59.2 Å². The predicted octanol–water partition coefficient (Wildman–Crippen LogP) is 2.81. The second kappa shape index (κ2) is 5.48. The van der Waals surface area contributed by atoms with Crippen molar-refractivity contribution in [2.45, 2.75) is 13.5 Å². The van der Waals surface area contributed by atoms with Crippen LogP contribution in [0.2, 0.25) is 0 Å². The number of hydrogen-bond donors (Lipinski definition) is 1. The molecular weight excluding hydrogens is 249 g/mol. The van der Waals surface area contributed by atoms with Gasteiger partial charge >= 0.3 is 5.97 Å². The largest absolute Gasteiger partial charge is 0.488 e. The molecule has 0 aliphatic heterocycles. The fraction of sp³-hybridized carbons (Fsp3) is 0.143. The number of carbonyl (C=O) groups is 1. The Morgan fingerprint density at radius 2 is 2.16 bits per heavy atom. The molecule has 0 fully saturated rings. The lowest BCUT2D eigenvalue weighted by atomic mass is 10.2. The molecule has 1 aromatic carbocycles. The van der Waals surface area contributed by atoms with Crippen molar-refractivity contribution >= 4 is 5.97 Å². The molecule has 2 aromatic rings. The van der Waals surface area contributed by atoms with E-state index < -0.39 is 11.8 Å². The first-order valence-corrected chi connectivity index (χ1v) is 5.62. The topological polar surface area (TPSA) is 59.4 Å². The average molecular weight is 261 g/mol. The second-order valence-corrected chi connectivity index (χ2v) is 4.10. The molecule has 0 amide bonds. The maximum absolute atomic E-state index is 13.0.